The van der Waals surface area contributed by atoms with Crippen molar-refractivity contribution in [1.29, 1.82) is 0 Å². The van der Waals surface area contributed by atoms with E-state index in [0.717, 1.165) is 86.3 Å². The van der Waals surface area contributed by atoms with Crippen molar-refractivity contribution in [2.45, 2.75) is 175 Å². The molecule has 37 nitrogen and oxygen atoms in total. The van der Waals surface area contributed by atoms with Gasteiger partial charge in [0.05, 0.1) is 23.3 Å². The van der Waals surface area contributed by atoms with Crippen molar-refractivity contribution in [3.05, 3.63) is 164 Å². The molecule has 126 heavy (non-hydrogen) atoms. The Balaban J connectivity index is 0.994. The van der Waals surface area contributed by atoms with Gasteiger partial charge in [0.15, 0.2) is 23.0 Å². The summed E-state index contributed by atoms with van der Waals surface area (Å²) in [6, 6.07) is 6.83. The number of hydrogen-bond acceptors (Lipinski definition) is 29. The summed E-state index contributed by atoms with van der Waals surface area (Å²) in [5.41, 5.74) is -2.32. The summed E-state index contributed by atoms with van der Waals surface area (Å²) in [5.74, 6) is -14.6. The van der Waals surface area contributed by atoms with E-state index in [1.54, 1.807) is 7.05 Å². The van der Waals surface area contributed by atoms with Crippen LogP contribution >= 0.6 is 23.2 Å². The van der Waals surface area contributed by atoms with E-state index >= 15 is 28.8 Å². The SMILES string of the molecule is CN[C@@H]1C(=O)N[C@@H]2Cc3ccc(cc3)Oc3cc4cc(c3O[C@@H]3O[C@H](CO)[C@@H](O)[C@H](O)[C@H]3NC(=O)CCCCCCCC(C)C)Oc3ccc(cc3Cl)[C@@H](O)[C@@H]3NC(=O)[C@H](NC(=O)[C@@H]4NC(=O)[C@@H](NC2=O)c2cc(cc(O)c2Cl)Oc2cc1ccc2O)c1ccc(O)c(c1)-c1c(O[C@H]2O[C@H](CO)[C@@H](O)[C@H](O)[C@@H]2O)cc(O)cc1[C@H](C(=O)N1CCN(C)CC1)NC3=O. The largest absolute Gasteiger partial charge is 0.508 e. The lowest BCUT2D eigenvalue weighted by atomic mass is 9.89. The summed E-state index contributed by atoms with van der Waals surface area (Å²) in [6.45, 7) is 3.00. The Morgan fingerprint density at radius 1 is 0.540 bits per heavy atom. The van der Waals surface area contributed by atoms with Gasteiger partial charge >= 0.3 is 0 Å². The van der Waals surface area contributed by atoms with Crippen LogP contribution in [0.5, 0.6) is 69.0 Å². The van der Waals surface area contributed by atoms with E-state index in [-0.39, 0.29) is 65.6 Å². The molecule has 7 aromatic carbocycles. The number of benzene rings is 7. The Morgan fingerprint density at radius 2 is 1.16 bits per heavy atom. The van der Waals surface area contributed by atoms with Crippen molar-refractivity contribution in [3.63, 3.8) is 0 Å². The van der Waals surface area contributed by atoms with Gasteiger partial charge in [-0.3, -0.25) is 38.4 Å². The number of rotatable bonds is 17. The van der Waals surface area contributed by atoms with Gasteiger partial charge in [-0.25, -0.2) is 0 Å². The molecule has 16 rings (SSSR count). The van der Waals surface area contributed by atoms with Crippen molar-refractivity contribution in [2.75, 3.05) is 53.5 Å². The second kappa shape index (κ2) is 38.8. The number of carbonyl (C=O) groups excluding carboxylic acids is 8. The molecule has 672 valence electrons. The fourth-order valence-electron chi connectivity index (χ4n) is 16.2. The van der Waals surface area contributed by atoms with Gasteiger partial charge in [0.2, 0.25) is 65.6 Å². The molecule has 7 aromatic rings. The zero-order chi connectivity index (χ0) is 90.0. The Kier molecular flexibility index (Phi) is 28.0. The molecule has 3 saturated heterocycles. The van der Waals surface area contributed by atoms with Gasteiger partial charge in [-0.2, -0.15) is 0 Å². The normalized spacial score (nSPS) is 27.0. The number of nitrogens with zero attached hydrogens (tertiary/aromatic N) is 2. The van der Waals surface area contributed by atoms with E-state index in [1.165, 1.54) is 66.5 Å². The van der Waals surface area contributed by atoms with Crippen LogP contribution in [0, 0.1) is 5.92 Å². The third-order valence-electron chi connectivity index (χ3n) is 23.2. The number of hydrogen-bond donors (Lipinski definition) is 20. The summed E-state index contributed by atoms with van der Waals surface area (Å²) in [4.78, 5) is 129. The third-order valence-corrected chi connectivity index (χ3v) is 23.9. The highest BCUT2D eigenvalue weighted by Crippen LogP contribution is 2.51. The summed E-state index contributed by atoms with van der Waals surface area (Å²) >= 11 is 14.4. The van der Waals surface area contributed by atoms with Crippen molar-refractivity contribution in [2.24, 2.45) is 5.92 Å². The van der Waals surface area contributed by atoms with Gasteiger partial charge in [0.1, 0.15) is 137 Å². The molecule has 9 heterocycles. The average Bonchev–Trinajstić information content (AvgIpc) is 0.756. The molecule has 17 bridgehead atoms. The highest BCUT2D eigenvalue weighted by atomic mass is 35.5. The molecule has 9 aliphatic heterocycles. The lowest BCUT2D eigenvalue weighted by Crippen LogP contribution is -2.65. The number of aliphatic hydroxyl groups excluding tert-OH is 8. The number of likely N-dealkylation sites (N-methyl/N-ethyl adjacent to an activating group) is 2. The van der Waals surface area contributed by atoms with Gasteiger partial charge in [0, 0.05) is 67.8 Å². The summed E-state index contributed by atoms with van der Waals surface area (Å²) in [5, 5.41) is 159. The van der Waals surface area contributed by atoms with Crippen LogP contribution in [0.4, 0.5) is 0 Å². The van der Waals surface area contributed by atoms with Gasteiger partial charge < -0.3 is 147 Å². The van der Waals surface area contributed by atoms with Gasteiger partial charge in [-0.1, -0.05) is 99.5 Å². The van der Waals surface area contributed by atoms with Crippen LogP contribution in [-0.2, 0) is 54.3 Å². The molecule has 9 aliphatic rings. The van der Waals surface area contributed by atoms with Crippen molar-refractivity contribution >= 4 is 70.5 Å². The minimum atomic E-state index is -2.40. The molecule has 0 radical (unpaired) electrons. The fourth-order valence-corrected chi connectivity index (χ4v) is 16.7. The first-order chi connectivity index (χ1) is 60.3. The van der Waals surface area contributed by atoms with E-state index < -0.39 is 254 Å². The number of nitrogens with one attached hydrogen (secondary N) is 8. The first-order valence-corrected chi connectivity index (χ1v) is 41.9. The minimum absolute atomic E-state index is 0.0280. The number of halogens is 2. The van der Waals surface area contributed by atoms with Crippen molar-refractivity contribution in [1.82, 2.24) is 52.3 Å². The maximum absolute atomic E-state index is 16.8. The smallest absolute Gasteiger partial charge is 0.249 e. The quantitative estimate of drug-likeness (QED) is 0.0581. The molecular formula is C87H98Cl2N10O27. The Bertz CT molecular complexity index is 5280. The molecule has 0 aliphatic carbocycles. The Hall–Kier alpha value is -11.4. The second-order valence-corrected chi connectivity index (χ2v) is 33.3. The van der Waals surface area contributed by atoms with E-state index in [1.807, 2.05) is 4.90 Å². The highest BCUT2D eigenvalue weighted by molar-refractivity contribution is 6.33. The molecule has 0 unspecified atom stereocenters. The zero-order valence-electron chi connectivity index (χ0n) is 68.5. The molecule has 0 spiro atoms. The van der Waals surface area contributed by atoms with E-state index in [9.17, 15) is 70.9 Å². The number of phenolic OH excluding ortho intramolecular Hbond substituents is 4. The van der Waals surface area contributed by atoms with Gasteiger partial charge in [0.25, 0.3) is 0 Å². The third kappa shape index (κ3) is 19.6. The van der Waals surface area contributed by atoms with E-state index in [2.05, 4.69) is 56.4 Å². The summed E-state index contributed by atoms with van der Waals surface area (Å²) in [7, 11) is 3.24. The number of carbonyl (C=O) groups is 8. The number of unbranched alkanes of at least 4 members (excludes halogenated alkanes) is 4. The number of aromatic hydroxyl groups is 4. The van der Waals surface area contributed by atoms with Crippen molar-refractivity contribution < 1.29 is 133 Å². The Morgan fingerprint density at radius 3 is 1.86 bits per heavy atom. The maximum atomic E-state index is 16.8. The minimum Gasteiger partial charge on any atom is -0.508 e. The maximum Gasteiger partial charge on any atom is 0.249 e. The number of phenols is 4. The molecule has 0 saturated carbocycles. The van der Waals surface area contributed by atoms with E-state index in [4.69, 9.17) is 56.4 Å². The molecular weight excluding hydrogens is 1690 g/mol. The first kappa shape index (κ1) is 90.8. The fraction of sp³-hybridized carbons (Fsp3) is 0.425. The summed E-state index contributed by atoms with van der Waals surface area (Å²) in [6.07, 6.45) is -15.2. The van der Waals surface area contributed by atoms with Crippen molar-refractivity contribution in [3.8, 4) is 80.1 Å². The van der Waals surface area contributed by atoms with Crippen LogP contribution < -0.4 is 66.2 Å². The molecule has 0 aromatic heterocycles. The number of fused-ring (bicyclic) bond motifs is 14. The topological polar surface area (TPSA) is 547 Å². The first-order valence-electron chi connectivity index (χ1n) is 41.1. The molecule has 8 amide bonds. The van der Waals surface area contributed by atoms with Crippen LogP contribution in [0.3, 0.4) is 0 Å². The number of amides is 8. The predicted octanol–water partition coefficient (Wildman–Crippen LogP) is 3.39. The van der Waals surface area contributed by atoms with Crippen LogP contribution in [0.2, 0.25) is 10.0 Å². The average molecular weight is 1790 g/mol. The second-order valence-electron chi connectivity index (χ2n) is 32.5. The molecule has 18 atom stereocenters. The number of aliphatic hydroxyl groups is 8. The molecule has 39 heteroatoms. The standard InChI is InChI=1S/C87H98Cl2N10O27/c1-38(2)10-8-6-5-7-9-11-62(106)92-71-75(110)73(108)60(36-100)124-86(71)126-78-58-30-43-31-59(78)122-55-21-16-42(28-50(55)88)72(107)70-84(118)96-69(85(119)99-24-22-98(4)23-25-99)48-32-44(102)33-57(123-87-77(112)76(111)74(109)61(37-101)125-87)63(48)47-27-40(14-19-52(47)103)66(81(115)97-70)93-82(116)67(43)94-83(117)68-49-34-46(35-54(105)64(49)89)121-56-29-41(15-20-53(56)104)65(90-3)80(114)91-51(79(113)95-68)26-39-12-17-45(120-58)18-13-39/h12-21,27-35,38,51,60-61,65-77,86-87,90,100-105,107-112H,5-11,22-26,36-37H2,1-4H3,(H,91,114)(H,92,106)(H,93,116)(H,94,117)(H,95,113)(H,96,118)(H,97,115)/t51-,60-,61-,65+,66-,67-,68+,69-,70+,71-,72-,73-,74-,75-,76+,77+,86+,87+/m1/s1. The monoisotopic (exact) mass is 1780 g/mol. The van der Waals surface area contributed by atoms with Crippen LogP contribution in [-0.4, -0.2) is 245 Å². The highest BCUT2D eigenvalue weighted by Gasteiger charge is 2.50. The lowest BCUT2D eigenvalue weighted by molar-refractivity contribution is -0.277. The lowest BCUT2D eigenvalue weighted by Gasteiger charge is -2.42. The summed E-state index contributed by atoms with van der Waals surface area (Å²) < 4.78 is 45.0. The zero-order valence-corrected chi connectivity index (χ0v) is 70.0. The van der Waals surface area contributed by atoms with Gasteiger partial charge in [-0.05, 0) is 133 Å². The predicted molar refractivity (Wildman–Crippen MR) is 445 cm³/mol. The van der Waals surface area contributed by atoms with Gasteiger partial charge in [-0.15, -0.1) is 0 Å². The van der Waals surface area contributed by atoms with Crippen LogP contribution in [0.25, 0.3) is 11.1 Å². The number of ether oxygens (including phenoxy) is 7. The van der Waals surface area contributed by atoms with E-state index in [0.29, 0.717) is 37.4 Å². The molecule has 3 fully saturated rings. The van der Waals surface area contributed by atoms with Crippen LogP contribution in [0.1, 0.15) is 134 Å². The number of piperazine rings is 1. The Labute approximate surface area is 730 Å². The van der Waals surface area contributed by atoms with Crippen LogP contribution in [0.15, 0.2) is 115 Å². The molecule has 20 N–H and O–H groups in total.